The molecule has 1 fully saturated rings. The topological polar surface area (TPSA) is 32.8 Å². The van der Waals surface area contributed by atoms with Gasteiger partial charge >= 0.3 is 0 Å². The van der Waals surface area contributed by atoms with Crippen molar-refractivity contribution in [2.75, 3.05) is 39.7 Å². The van der Waals surface area contributed by atoms with Crippen molar-refractivity contribution < 1.29 is 9.53 Å². The molecule has 1 aliphatic rings. The van der Waals surface area contributed by atoms with Crippen LogP contribution in [0.15, 0.2) is 30.3 Å². The van der Waals surface area contributed by atoms with Crippen LogP contribution in [0.25, 0.3) is 0 Å². The summed E-state index contributed by atoms with van der Waals surface area (Å²) in [5.41, 5.74) is 1.21. The monoisotopic (exact) mass is 296 g/mol. The van der Waals surface area contributed by atoms with Gasteiger partial charge in [0.15, 0.2) is 0 Å². The van der Waals surface area contributed by atoms with Gasteiger partial charge in [-0.25, -0.2) is 0 Å². The first-order valence-corrected chi connectivity index (χ1v) is 7.33. The van der Waals surface area contributed by atoms with E-state index in [1.165, 1.54) is 5.56 Å². The van der Waals surface area contributed by atoms with E-state index in [-0.39, 0.29) is 23.9 Å². The summed E-state index contributed by atoms with van der Waals surface area (Å²) in [4.78, 5) is 15.6. The van der Waals surface area contributed by atoms with Gasteiger partial charge in [-0.05, 0) is 12.6 Å². The number of rotatable bonds is 4. The molecule has 0 spiro atoms. The molecule has 5 heteroatoms. The zero-order valence-corrected chi connectivity index (χ0v) is 12.7. The Balaban J connectivity index is 2.14. The van der Waals surface area contributed by atoms with Crippen molar-refractivity contribution in [3.63, 3.8) is 0 Å². The number of carbonyl (C=O) groups excluding carboxylic acids is 1. The number of likely N-dealkylation sites (N-methyl/N-ethyl adjacent to an activating group) is 2. The van der Waals surface area contributed by atoms with E-state index in [4.69, 9.17) is 16.3 Å². The third-order valence-corrected chi connectivity index (χ3v) is 3.97. The Kier molecular flexibility index (Phi) is 5.40. The fourth-order valence-corrected chi connectivity index (χ4v) is 2.81. The number of amides is 1. The molecule has 1 aromatic carbocycles. The van der Waals surface area contributed by atoms with Crippen LogP contribution in [0.4, 0.5) is 0 Å². The van der Waals surface area contributed by atoms with Gasteiger partial charge in [-0.1, -0.05) is 30.3 Å². The molecule has 1 aromatic rings. The maximum atomic E-state index is 11.6. The van der Waals surface area contributed by atoms with E-state index in [9.17, 15) is 4.79 Å². The Morgan fingerprint density at radius 2 is 2.15 bits per heavy atom. The van der Waals surface area contributed by atoms with Gasteiger partial charge in [0.05, 0.1) is 18.8 Å². The molecule has 1 saturated heterocycles. The lowest BCUT2D eigenvalue weighted by molar-refractivity contribution is -0.132. The zero-order valence-electron chi connectivity index (χ0n) is 12.0. The number of hydrogen-bond acceptors (Lipinski definition) is 3. The highest BCUT2D eigenvalue weighted by Crippen LogP contribution is 2.28. The molecule has 0 N–H and O–H groups in total. The van der Waals surface area contributed by atoms with Crippen LogP contribution in [-0.4, -0.2) is 61.5 Å². The number of ether oxygens (including phenoxy) is 1. The van der Waals surface area contributed by atoms with Crippen LogP contribution in [0.5, 0.6) is 0 Å². The lowest BCUT2D eigenvalue weighted by Gasteiger charge is -2.40. The van der Waals surface area contributed by atoms with Crippen molar-refractivity contribution >= 4 is 17.5 Å². The van der Waals surface area contributed by atoms with E-state index in [0.717, 1.165) is 6.54 Å². The molecule has 0 bridgehead atoms. The summed E-state index contributed by atoms with van der Waals surface area (Å²) in [6.45, 7) is 2.13. The van der Waals surface area contributed by atoms with Crippen molar-refractivity contribution in [3.8, 4) is 0 Å². The summed E-state index contributed by atoms with van der Waals surface area (Å²) in [7, 11) is 3.86. The molecular weight excluding hydrogens is 276 g/mol. The summed E-state index contributed by atoms with van der Waals surface area (Å²) in [6, 6.07) is 10.4. The predicted molar refractivity (Wildman–Crippen MR) is 79.9 cm³/mol. The van der Waals surface area contributed by atoms with Crippen LogP contribution in [0.1, 0.15) is 11.6 Å². The predicted octanol–water partition coefficient (Wildman–Crippen LogP) is 1.76. The Morgan fingerprint density at radius 3 is 2.80 bits per heavy atom. The average Bonchev–Trinajstić information content (AvgIpc) is 2.47. The molecule has 1 heterocycles. The first-order chi connectivity index (χ1) is 9.63. The fraction of sp³-hybridized carbons (Fsp3) is 0.533. The fourth-order valence-electron chi connectivity index (χ4n) is 2.61. The largest absolute Gasteiger partial charge is 0.373 e. The van der Waals surface area contributed by atoms with Gasteiger partial charge in [0.1, 0.15) is 5.88 Å². The molecule has 2 atom stereocenters. The summed E-state index contributed by atoms with van der Waals surface area (Å²) in [5.74, 6) is -0.0648. The highest BCUT2D eigenvalue weighted by atomic mass is 35.5. The molecule has 0 saturated carbocycles. The SMILES string of the molecule is CN(CC1OCCN(C)C1c1ccccc1)C(=O)CCl. The van der Waals surface area contributed by atoms with Crippen molar-refractivity contribution in [1.82, 2.24) is 9.80 Å². The van der Waals surface area contributed by atoms with Gasteiger partial charge in [-0.2, -0.15) is 0 Å². The minimum Gasteiger partial charge on any atom is -0.373 e. The first-order valence-electron chi connectivity index (χ1n) is 6.80. The second kappa shape index (κ2) is 7.07. The summed E-state index contributed by atoms with van der Waals surface area (Å²) in [6.07, 6.45) is -0.0340. The third kappa shape index (κ3) is 3.51. The van der Waals surface area contributed by atoms with Crippen molar-refractivity contribution in [1.29, 1.82) is 0 Å². The first kappa shape index (κ1) is 15.3. The van der Waals surface area contributed by atoms with E-state index in [2.05, 4.69) is 24.1 Å². The van der Waals surface area contributed by atoms with Gasteiger partial charge in [0.25, 0.3) is 0 Å². The number of alkyl halides is 1. The van der Waals surface area contributed by atoms with E-state index < -0.39 is 0 Å². The van der Waals surface area contributed by atoms with E-state index >= 15 is 0 Å². The van der Waals surface area contributed by atoms with E-state index in [0.29, 0.717) is 13.2 Å². The van der Waals surface area contributed by atoms with Crippen LogP contribution in [0.3, 0.4) is 0 Å². The molecule has 1 amide bonds. The minimum atomic E-state index is -0.0738. The van der Waals surface area contributed by atoms with Gasteiger partial charge in [-0.15, -0.1) is 11.6 Å². The number of benzene rings is 1. The number of halogens is 1. The second-order valence-electron chi connectivity index (χ2n) is 5.15. The van der Waals surface area contributed by atoms with Crippen LogP contribution in [-0.2, 0) is 9.53 Å². The summed E-state index contributed by atoms with van der Waals surface area (Å²) >= 11 is 5.60. The Morgan fingerprint density at radius 1 is 1.45 bits per heavy atom. The third-order valence-electron chi connectivity index (χ3n) is 3.74. The molecule has 0 aliphatic carbocycles. The Bertz CT molecular complexity index is 441. The van der Waals surface area contributed by atoms with Gasteiger partial charge < -0.3 is 9.64 Å². The molecule has 1 aliphatic heterocycles. The normalized spacial score (nSPS) is 23.6. The summed E-state index contributed by atoms with van der Waals surface area (Å²) in [5, 5.41) is 0. The Hall–Kier alpha value is -1.10. The van der Waals surface area contributed by atoms with Crippen LogP contribution in [0.2, 0.25) is 0 Å². The molecule has 2 rings (SSSR count). The molecular formula is C15H21ClN2O2. The van der Waals surface area contributed by atoms with Crippen molar-refractivity contribution in [2.45, 2.75) is 12.1 Å². The zero-order chi connectivity index (χ0) is 14.5. The molecule has 4 nitrogen and oxygen atoms in total. The quantitative estimate of drug-likeness (QED) is 0.794. The maximum absolute atomic E-state index is 11.6. The minimum absolute atomic E-state index is 0.00899. The van der Waals surface area contributed by atoms with Gasteiger partial charge in [-0.3, -0.25) is 9.69 Å². The summed E-state index contributed by atoms with van der Waals surface area (Å²) < 4.78 is 5.90. The van der Waals surface area contributed by atoms with Crippen LogP contribution in [0, 0.1) is 0 Å². The van der Waals surface area contributed by atoms with Crippen molar-refractivity contribution in [3.05, 3.63) is 35.9 Å². The molecule has 0 radical (unpaired) electrons. The number of nitrogens with zero attached hydrogens (tertiary/aromatic N) is 2. The van der Waals surface area contributed by atoms with Crippen molar-refractivity contribution in [2.24, 2.45) is 0 Å². The van der Waals surface area contributed by atoms with Crippen LogP contribution >= 0.6 is 11.6 Å². The maximum Gasteiger partial charge on any atom is 0.237 e. The molecule has 0 aromatic heterocycles. The van der Waals surface area contributed by atoms with Gasteiger partial charge in [0.2, 0.25) is 5.91 Å². The molecule has 2 unspecified atom stereocenters. The average molecular weight is 297 g/mol. The lowest BCUT2D eigenvalue weighted by atomic mass is 9.98. The number of morpholine rings is 1. The smallest absolute Gasteiger partial charge is 0.237 e. The number of carbonyl (C=O) groups is 1. The highest BCUT2D eigenvalue weighted by Gasteiger charge is 2.32. The lowest BCUT2D eigenvalue weighted by Crippen LogP contribution is -2.48. The van der Waals surface area contributed by atoms with E-state index in [1.54, 1.807) is 11.9 Å². The second-order valence-corrected chi connectivity index (χ2v) is 5.42. The standard InChI is InChI=1S/C15H21ClN2O2/c1-17-8-9-20-13(11-18(2)14(19)10-16)15(17)12-6-4-3-5-7-12/h3-7,13,15H,8-11H2,1-2H3. The molecule has 20 heavy (non-hydrogen) atoms. The number of hydrogen-bond donors (Lipinski definition) is 0. The Labute approximate surface area is 125 Å². The van der Waals surface area contributed by atoms with E-state index in [1.807, 2.05) is 18.2 Å². The highest BCUT2D eigenvalue weighted by molar-refractivity contribution is 6.27. The molecule has 110 valence electrons. The van der Waals surface area contributed by atoms with Gasteiger partial charge in [0, 0.05) is 20.1 Å². The van der Waals surface area contributed by atoms with Crippen LogP contribution < -0.4 is 0 Å².